The number of nitrogens with zero attached hydrogens (tertiary/aromatic N) is 3. The minimum Gasteiger partial charge on any atom is -0.218 e. The fourth-order valence-corrected chi connectivity index (χ4v) is 1.15. The van der Waals surface area contributed by atoms with Crippen molar-refractivity contribution in [2.24, 2.45) is 0 Å². The van der Waals surface area contributed by atoms with Gasteiger partial charge < -0.3 is 0 Å². The topological polar surface area (TPSA) is 30.2 Å². The highest BCUT2D eigenvalue weighted by Crippen LogP contribution is 2.10. The zero-order chi connectivity index (χ0) is 7.84. The zero-order valence-electron chi connectivity index (χ0n) is 5.33. The summed E-state index contributed by atoms with van der Waals surface area (Å²) in [6.07, 6.45) is 1.60. The summed E-state index contributed by atoms with van der Waals surface area (Å²) in [4.78, 5) is 3.96. The van der Waals surface area contributed by atoms with Gasteiger partial charge in [0.25, 0.3) is 0 Å². The van der Waals surface area contributed by atoms with Gasteiger partial charge in [0.2, 0.25) is 0 Å². The van der Waals surface area contributed by atoms with E-state index in [0.29, 0.717) is 16.0 Å². The lowest BCUT2D eigenvalue weighted by molar-refractivity contribution is 0.936. The van der Waals surface area contributed by atoms with E-state index in [4.69, 9.17) is 23.2 Å². The summed E-state index contributed by atoms with van der Waals surface area (Å²) in [5.74, 6) is 0. The van der Waals surface area contributed by atoms with Crippen LogP contribution in [0.5, 0.6) is 0 Å². The van der Waals surface area contributed by atoms with Gasteiger partial charge in [-0.1, -0.05) is 23.2 Å². The van der Waals surface area contributed by atoms with Crippen molar-refractivity contribution in [3.05, 3.63) is 28.6 Å². The second-order valence-corrected chi connectivity index (χ2v) is 2.80. The zero-order valence-corrected chi connectivity index (χ0v) is 6.84. The molecule has 0 bridgehead atoms. The Labute approximate surface area is 72.6 Å². The fraction of sp³-hybridized carbons (Fsp3) is 0. The minimum absolute atomic E-state index is 0.416. The van der Waals surface area contributed by atoms with Crippen molar-refractivity contribution in [3.63, 3.8) is 0 Å². The Morgan fingerprint density at radius 3 is 2.82 bits per heavy atom. The van der Waals surface area contributed by atoms with Gasteiger partial charge in [-0.3, -0.25) is 0 Å². The molecule has 0 aliphatic rings. The largest absolute Gasteiger partial charge is 0.218 e. The van der Waals surface area contributed by atoms with Crippen molar-refractivity contribution in [1.29, 1.82) is 0 Å². The molecule has 3 nitrogen and oxygen atoms in total. The van der Waals surface area contributed by atoms with Crippen LogP contribution in [0.2, 0.25) is 10.3 Å². The van der Waals surface area contributed by atoms with E-state index < -0.39 is 0 Å². The third kappa shape index (κ3) is 1.17. The van der Waals surface area contributed by atoms with Crippen molar-refractivity contribution < 1.29 is 0 Å². The monoisotopic (exact) mass is 187 g/mol. The Hall–Kier alpha value is -0.800. The van der Waals surface area contributed by atoms with Crippen LogP contribution in [0.15, 0.2) is 18.3 Å². The first-order chi connectivity index (χ1) is 5.25. The molecule has 0 saturated carbocycles. The van der Waals surface area contributed by atoms with E-state index in [1.54, 1.807) is 18.3 Å². The van der Waals surface area contributed by atoms with Crippen LogP contribution in [0.1, 0.15) is 0 Å². The molecule has 2 rings (SSSR count). The standard InChI is InChI=1S/C6H3Cl2N3/c7-4-1-2-6-9-5(8)3-11(6)10-4/h1-3H. The van der Waals surface area contributed by atoms with Crippen LogP contribution in [0, 0.1) is 0 Å². The number of hydrogen-bond donors (Lipinski definition) is 0. The predicted molar refractivity (Wildman–Crippen MR) is 43.0 cm³/mol. The molecule has 0 aliphatic heterocycles. The SMILES string of the molecule is Clc1cn2nc(Cl)ccc2n1. The molecule has 0 N–H and O–H groups in total. The average molecular weight is 188 g/mol. The molecule has 2 aromatic rings. The van der Waals surface area contributed by atoms with Crippen molar-refractivity contribution in [3.8, 4) is 0 Å². The van der Waals surface area contributed by atoms with Crippen LogP contribution in [-0.2, 0) is 0 Å². The third-order valence-electron chi connectivity index (χ3n) is 1.26. The molecule has 0 spiro atoms. The number of imidazole rings is 1. The molecule has 0 aliphatic carbocycles. The van der Waals surface area contributed by atoms with E-state index >= 15 is 0 Å². The molecule has 0 unspecified atom stereocenters. The Bertz CT molecular complexity index is 396. The van der Waals surface area contributed by atoms with E-state index in [2.05, 4.69) is 10.1 Å². The van der Waals surface area contributed by atoms with Gasteiger partial charge in [-0.15, -0.1) is 0 Å². The summed E-state index contributed by atoms with van der Waals surface area (Å²) in [6, 6.07) is 3.42. The van der Waals surface area contributed by atoms with E-state index in [9.17, 15) is 0 Å². The van der Waals surface area contributed by atoms with Gasteiger partial charge in [0, 0.05) is 0 Å². The molecule has 0 amide bonds. The van der Waals surface area contributed by atoms with Crippen LogP contribution in [0.25, 0.3) is 5.65 Å². The van der Waals surface area contributed by atoms with E-state index in [-0.39, 0.29) is 0 Å². The normalized spacial score (nSPS) is 10.7. The van der Waals surface area contributed by atoms with Crippen molar-refractivity contribution in [2.45, 2.75) is 0 Å². The van der Waals surface area contributed by atoms with Gasteiger partial charge in [-0.2, -0.15) is 5.10 Å². The van der Waals surface area contributed by atoms with Crippen LogP contribution in [-0.4, -0.2) is 14.6 Å². The summed E-state index contributed by atoms with van der Waals surface area (Å²) in [7, 11) is 0. The van der Waals surface area contributed by atoms with E-state index in [0.717, 1.165) is 0 Å². The summed E-state index contributed by atoms with van der Waals surface area (Å²) >= 11 is 11.2. The first-order valence-electron chi connectivity index (χ1n) is 2.93. The maximum Gasteiger partial charge on any atom is 0.155 e. The quantitative estimate of drug-likeness (QED) is 0.633. The second kappa shape index (κ2) is 2.36. The van der Waals surface area contributed by atoms with Crippen LogP contribution >= 0.6 is 23.2 Å². The Morgan fingerprint density at radius 2 is 2.00 bits per heavy atom. The molecular weight excluding hydrogens is 185 g/mol. The first-order valence-corrected chi connectivity index (χ1v) is 3.69. The highest BCUT2D eigenvalue weighted by Gasteiger charge is 1.98. The highest BCUT2D eigenvalue weighted by molar-refractivity contribution is 6.30. The fourth-order valence-electron chi connectivity index (χ4n) is 0.830. The lowest BCUT2D eigenvalue weighted by atomic mass is 10.6. The maximum atomic E-state index is 5.63. The summed E-state index contributed by atoms with van der Waals surface area (Å²) in [5.41, 5.74) is 0.694. The van der Waals surface area contributed by atoms with E-state index in [1.165, 1.54) is 4.52 Å². The number of rotatable bonds is 0. The molecular formula is C6H3Cl2N3. The lowest BCUT2D eigenvalue weighted by Crippen LogP contribution is -1.88. The number of aromatic nitrogens is 3. The molecule has 2 heterocycles. The van der Waals surface area contributed by atoms with Crippen LogP contribution in [0.3, 0.4) is 0 Å². The van der Waals surface area contributed by atoms with Crippen LogP contribution in [0.4, 0.5) is 0 Å². The first kappa shape index (κ1) is 6.88. The number of fused-ring (bicyclic) bond motifs is 1. The minimum atomic E-state index is 0.416. The third-order valence-corrected chi connectivity index (χ3v) is 1.64. The van der Waals surface area contributed by atoms with Gasteiger partial charge in [-0.05, 0) is 12.1 Å². The van der Waals surface area contributed by atoms with Gasteiger partial charge in [-0.25, -0.2) is 9.50 Å². The van der Waals surface area contributed by atoms with Gasteiger partial charge >= 0.3 is 0 Å². The molecule has 5 heteroatoms. The van der Waals surface area contributed by atoms with Crippen LogP contribution < -0.4 is 0 Å². The summed E-state index contributed by atoms with van der Waals surface area (Å²) in [6.45, 7) is 0. The molecule has 0 saturated heterocycles. The molecule has 0 fully saturated rings. The molecule has 11 heavy (non-hydrogen) atoms. The predicted octanol–water partition coefficient (Wildman–Crippen LogP) is 2.04. The van der Waals surface area contributed by atoms with Crippen molar-refractivity contribution >= 4 is 28.8 Å². The molecule has 2 aromatic heterocycles. The highest BCUT2D eigenvalue weighted by atomic mass is 35.5. The smallest absolute Gasteiger partial charge is 0.155 e. The lowest BCUT2D eigenvalue weighted by Gasteiger charge is -1.89. The van der Waals surface area contributed by atoms with Gasteiger partial charge in [0.15, 0.2) is 5.65 Å². The molecule has 0 radical (unpaired) electrons. The summed E-state index contributed by atoms with van der Waals surface area (Å²) in [5, 5.41) is 4.77. The van der Waals surface area contributed by atoms with E-state index in [1.807, 2.05) is 0 Å². The van der Waals surface area contributed by atoms with Gasteiger partial charge in [0.1, 0.15) is 10.3 Å². The number of hydrogen-bond acceptors (Lipinski definition) is 2. The van der Waals surface area contributed by atoms with Crippen molar-refractivity contribution in [1.82, 2.24) is 14.6 Å². The molecule has 56 valence electrons. The summed E-state index contributed by atoms with van der Waals surface area (Å²) < 4.78 is 1.53. The van der Waals surface area contributed by atoms with Crippen molar-refractivity contribution in [2.75, 3.05) is 0 Å². The molecule has 0 atom stereocenters. The average Bonchev–Trinajstić information content (AvgIpc) is 2.27. The second-order valence-electron chi connectivity index (χ2n) is 2.02. The number of halogens is 2. The Kier molecular flexibility index (Phi) is 1.47. The maximum absolute atomic E-state index is 5.63. The Morgan fingerprint density at radius 1 is 1.18 bits per heavy atom. The van der Waals surface area contributed by atoms with Gasteiger partial charge in [0.05, 0.1) is 6.20 Å². The molecule has 0 aromatic carbocycles. The Balaban J connectivity index is 2.82.